The van der Waals surface area contributed by atoms with Crippen LogP contribution in [0.15, 0.2) is 29.8 Å². The molecule has 0 fully saturated rings. The largest absolute Gasteiger partial charge is 0.488 e. The molecule has 2 aromatic heterocycles. The summed E-state index contributed by atoms with van der Waals surface area (Å²) >= 11 is 1.72. The molecule has 0 saturated heterocycles. The van der Waals surface area contributed by atoms with E-state index in [4.69, 9.17) is 4.74 Å². The van der Waals surface area contributed by atoms with E-state index in [9.17, 15) is 0 Å². The van der Waals surface area contributed by atoms with Crippen LogP contribution < -0.4 is 10.1 Å². The van der Waals surface area contributed by atoms with E-state index in [0.29, 0.717) is 12.5 Å². The maximum Gasteiger partial charge on any atom is 0.127 e. The Kier molecular flexibility index (Phi) is 5.56. The van der Waals surface area contributed by atoms with Crippen LogP contribution in [0.4, 0.5) is 0 Å². The summed E-state index contributed by atoms with van der Waals surface area (Å²) in [5, 5.41) is 5.51. The molecule has 0 aliphatic heterocycles. The Morgan fingerprint density at radius 2 is 2.25 bits per heavy atom. The average molecular weight is 290 g/mol. The van der Waals surface area contributed by atoms with Crippen molar-refractivity contribution in [3.8, 4) is 5.75 Å². The SMILES string of the molecule is Cc1cc(OCc2cccs2)c(CNCC(C)C)cn1. The van der Waals surface area contributed by atoms with Gasteiger partial charge in [0.1, 0.15) is 12.4 Å². The van der Waals surface area contributed by atoms with Crippen LogP contribution in [0, 0.1) is 12.8 Å². The van der Waals surface area contributed by atoms with E-state index >= 15 is 0 Å². The molecule has 0 aliphatic rings. The Hall–Kier alpha value is -1.39. The molecular weight excluding hydrogens is 268 g/mol. The third-order valence-corrected chi connectivity index (χ3v) is 3.75. The first kappa shape index (κ1) is 15.0. The van der Waals surface area contributed by atoms with Gasteiger partial charge >= 0.3 is 0 Å². The van der Waals surface area contributed by atoms with Gasteiger partial charge < -0.3 is 10.1 Å². The van der Waals surface area contributed by atoms with Gasteiger partial charge in [0.2, 0.25) is 0 Å². The van der Waals surface area contributed by atoms with Gasteiger partial charge in [-0.2, -0.15) is 0 Å². The number of hydrogen-bond acceptors (Lipinski definition) is 4. The van der Waals surface area contributed by atoms with E-state index in [2.05, 4.69) is 35.6 Å². The minimum atomic E-state index is 0.623. The number of rotatable bonds is 7. The molecule has 0 aliphatic carbocycles. The van der Waals surface area contributed by atoms with Crippen molar-refractivity contribution in [3.63, 3.8) is 0 Å². The lowest BCUT2D eigenvalue weighted by Gasteiger charge is -2.13. The standard InChI is InChI=1S/C16H22N2OS/c1-12(2)8-17-9-14-10-18-13(3)7-16(14)19-11-15-5-4-6-20-15/h4-7,10,12,17H,8-9,11H2,1-3H3. The number of nitrogens with one attached hydrogen (secondary N) is 1. The van der Waals surface area contributed by atoms with Crippen LogP contribution in [0.2, 0.25) is 0 Å². The van der Waals surface area contributed by atoms with Gasteiger partial charge in [-0.1, -0.05) is 19.9 Å². The summed E-state index contributed by atoms with van der Waals surface area (Å²) in [6.07, 6.45) is 1.91. The maximum atomic E-state index is 5.95. The zero-order valence-electron chi connectivity index (χ0n) is 12.3. The van der Waals surface area contributed by atoms with Crippen molar-refractivity contribution in [2.45, 2.75) is 33.9 Å². The fourth-order valence-corrected chi connectivity index (χ4v) is 2.49. The first-order chi connectivity index (χ1) is 9.65. The fraction of sp³-hybridized carbons (Fsp3) is 0.438. The van der Waals surface area contributed by atoms with Gasteiger partial charge in [-0.05, 0) is 30.8 Å². The summed E-state index contributed by atoms with van der Waals surface area (Å²) in [5.41, 5.74) is 2.10. The lowest BCUT2D eigenvalue weighted by atomic mass is 10.2. The Balaban J connectivity index is 1.99. The molecule has 2 rings (SSSR count). The van der Waals surface area contributed by atoms with Gasteiger partial charge in [0, 0.05) is 34.9 Å². The summed E-state index contributed by atoms with van der Waals surface area (Å²) < 4.78 is 5.95. The molecule has 0 saturated carbocycles. The van der Waals surface area contributed by atoms with Crippen LogP contribution in [0.1, 0.15) is 30.0 Å². The zero-order chi connectivity index (χ0) is 14.4. The lowest BCUT2D eigenvalue weighted by molar-refractivity contribution is 0.304. The summed E-state index contributed by atoms with van der Waals surface area (Å²) in [7, 11) is 0. The molecule has 0 unspecified atom stereocenters. The third-order valence-electron chi connectivity index (χ3n) is 2.90. The highest BCUT2D eigenvalue weighted by Crippen LogP contribution is 2.21. The summed E-state index contributed by atoms with van der Waals surface area (Å²) in [6, 6.07) is 6.15. The van der Waals surface area contributed by atoms with Gasteiger partial charge in [-0.15, -0.1) is 11.3 Å². The number of ether oxygens (including phenoxy) is 1. The minimum Gasteiger partial charge on any atom is -0.488 e. The van der Waals surface area contributed by atoms with Crippen molar-refractivity contribution in [2.75, 3.05) is 6.54 Å². The number of aryl methyl sites for hydroxylation is 1. The molecule has 0 amide bonds. The molecule has 2 heterocycles. The summed E-state index contributed by atoms with van der Waals surface area (Å²) in [4.78, 5) is 5.60. The van der Waals surface area contributed by atoms with E-state index in [1.165, 1.54) is 4.88 Å². The Morgan fingerprint density at radius 1 is 1.40 bits per heavy atom. The number of thiophene rings is 1. The first-order valence-corrected chi connectivity index (χ1v) is 7.84. The van der Waals surface area contributed by atoms with Crippen LogP contribution in [0.3, 0.4) is 0 Å². The second-order valence-corrected chi connectivity index (χ2v) is 6.36. The van der Waals surface area contributed by atoms with Gasteiger partial charge in [0.25, 0.3) is 0 Å². The van der Waals surface area contributed by atoms with Crippen molar-refractivity contribution >= 4 is 11.3 Å². The van der Waals surface area contributed by atoms with Crippen LogP contribution in [0.5, 0.6) is 5.75 Å². The van der Waals surface area contributed by atoms with Crippen LogP contribution >= 0.6 is 11.3 Å². The third kappa shape index (κ3) is 4.62. The second kappa shape index (κ2) is 7.41. The van der Waals surface area contributed by atoms with Crippen molar-refractivity contribution < 1.29 is 4.74 Å². The Morgan fingerprint density at radius 3 is 2.95 bits per heavy atom. The molecule has 1 N–H and O–H groups in total. The molecule has 3 nitrogen and oxygen atoms in total. The van der Waals surface area contributed by atoms with Crippen molar-refractivity contribution in [2.24, 2.45) is 5.92 Å². The molecule has 0 radical (unpaired) electrons. The monoisotopic (exact) mass is 290 g/mol. The molecule has 0 spiro atoms. The van der Waals surface area contributed by atoms with Crippen LogP contribution in [-0.4, -0.2) is 11.5 Å². The number of aromatic nitrogens is 1. The lowest BCUT2D eigenvalue weighted by Crippen LogP contribution is -2.19. The van der Waals surface area contributed by atoms with Crippen molar-refractivity contribution in [3.05, 3.63) is 45.9 Å². The van der Waals surface area contributed by atoms with Gasteiger partial charge in [-0.25, -0.2) is 0 Å². The van der Waals surface area contributed by atoms with Crippen molar-refractivity contribution in [1.29, 1.82) is 0 Å². The molecule has 20 heavy (non-hydrogen) atoms. The molecule has 108 valence electrons. The second-order valence-electron chi connectivity index (χ2n) is 5.33. The van der Waals surface area contributed by atoms with Gasteiger partial charge in [0.15, 0.2) is 0 Å². The summed E-state index contributed by atoms with van der Waals surface area (Å²) in [6.45, 7) is 8.81. The average Bonchev–Trinajstić information content (AvgIpc) is 2.91. The van der Waals surface area contributed by atoms with Gasteiger partial charge in [0.05, 0.1) is 0 Å². The molecular formula is C16H22N2OS. The van der Waals surface area contributed by atoms with Gasteiger partial charge in [-0.3, -0.25) is 4.98 Å². The topological polar surface area (TPSA) is 34.1 Å². The molecule has 4 heteroatoms. The normalized spacial score (nSPS) is 11.0. The fourth-order valence-electron chi connectivity index (χ4n) is 1.87. The highest BCUT2D eigenvalue weighted by Gasteiger charge is 2.06. The minimum absolute atomic E-state index is 0.623. The van der Waals surface area contributed by atoms with E-state index in [1.807, 2.05) is 25.3 Å². The maximum absolute atomic E-state index is 5.95. The predicted octanol–water partition coefficient (Wildman–Crippen LogP) is 3.78. The first-order valence-electron chi connectivity index (χ1n) is 6.96. The van der Waals surface area contributed by atoms with Crippen LogP contribution in [0.25, 0.3) is 0 Å². The molecule has 0 atom stereocenters. The van der Waals surface area contributed by atoms with Crippen molar-refractivity contribution in [1.82, 2.24) is 10.3 Å². The Labute approximate surface area is 125 Å². The predicted molar refractivity (Wildman–Crippen MR) is 84.2 cm³/mol. The van der Waals surface area contributed by atoms with E-state index in [-0.39, 0.29) is 0 Å². The van der Waals surface area contributed by atoms with Crippen LogP contribution in [-0.2, 0) is 13.2 Å². The number of hydrogen-bond donors (Lipinski definition) is 1. The molecule has 0 aromatic carbocycles. The smallest absolute Gasteiger partial charge is 0.127 e. The van der Waals surface area contributed by atoms with E-state index in [0.717, 1.165) is 30.1 Å². The van der Waals surface area contributed by atoms with E-state index < -0.39 is 0 Å². The molecule has 0 bridgehead atoms. The van der Waals surface area contributed by atoms with E-state index in [1.54, 1.807) is 11.3 Å². The zero-order valence-corrected chi connectivity index (χ0v) is 13.2. The molecule has 2 aromatic rings. The summed E-state index contributed by atoms with van der Waals surface area (Å²) in [5.74, 6) is 1.58. The highest BCUT2D eigenvalue weighted by molar-refractivity contribution is 7.09. The number of pyridine rings is 1. The highest BCUT2D eigenvalue weighted by atomic mass is 32.1. The number of nitrogens with zero attached hydrogens (tertiary/aromatic N) is 1. The quantitative estimate of drug-likeness (QED) is 0.842. The Bertz CT molecular complexity index is 523.